The maximum absolute atomic E-state index is 11.3. The molecule has 0 bridgehead atoms. The van der Waals surface area contributed by atoms with Crippen LogP contribution < -0.4 is 0 Å². The third kappa shape index (κ3) is 2.30. The van der Waals surface area contributed by atoms with Crippen molar-refractivity contribution in [3.05, 3.63) is 54.3 Å². The van der Waals surface area contributed by atoms with E-state index in [0.717, 1.165) is 0 Å². The summed E-state index contributed by atoms with van der Waals surface area (Å²) >= 11 is 0. The molecular weight excluding hydrogens is 266 g/mol. The summed E-state index contributed by atoms with van der Waals surface area (Å²) in [6, 6.07) is 12.2. The molecule has 4 nitrogen and oxygen atoms in total. The van der Waals surface area contributed by atoms with Crippen LogP contribution in [0.3, 0.4) is 0 Å². The normalized spacial score (nSPS) is 10.1. The zero-order chi connectivity index (χ0) is 12.5. The fourth-order valence-corrected chi connectivity index (χ4v) is 1.90. The predicted molar refractivity (Wildman–Crippen MR) is 73.7 cm³/mol. The molecular formula is C14H10ClNO3. The van der Waals surface area contributed by atoms with Crippen molar-refractivity contribution in [2.75, 3.05) is 0 Å². The quantitative estimate of drug-likeness (QED) is 0.776. The van der Waals surface area contributed by atoms with E-state index in [-0.39, 0.29) is 18.0 Å². The highest BCUT2D eigenvalue weighted by Crippen LogP contribution is 2.24. The van der Waals surface area contributed by atoms with Crippen LogP contribution >= 0.6 is 12.4 Å². The summed E-state index contributed by atoms with van der Waals surface area (Å²) < 4.78 is 5.25. The van der Waals surface area contributed by atoms with Crippen LogP contribution in [0.5, 0.6) is 0 Å². The van der Waals surface area contributed by atoms with E-state index >= 15 is 0 Å². The van der Waals surface area contributed by atoms with Crippen molar-refractivity contribution in [3.8, 4) is 11.5 Å². The fraction of sp³-hybridized carbons (Fsp3) is 0. The molecule has 0 aliphatic rings. The van der Waals surface area contributed by atoms with Gasteiger partial charge in [0.1, 0.15) is 5.69 Å². The summed E-state index contributed by atoms with van der Waals surface area (Å²) in [6.07, 6.45) is 1.53. The number of carboxylic acid groups (broad SMARTS) is 1. The van der Waals surface area contributed by atoms with Crippen LogP contribution in [0, 0.1) is 0 Å². The van der Waals surface area contributed by atoms with Gasteiger partial charge in [0.05, 0.1) is 17.3 Å². The van der Waals surface area contributed by atoms with E-state index in [4.69, 9.17) is 4.42 Å². The third-order valence-corrected chi connectivity index (χ3v) is 2.72. The fourth-order valence-electron chi connectivity index (χ4n) is 1.90. The second-order valence-corrected chi connectivity index (χ2v) is 3.85. The van der Waals surface area contributed by atoms with Crippen LogP contribution in [-0.4, -0.2) is 16.1 Å². The van der Waals surface area contributed by atoms with E-state index < -0.39 is 5.97 Å². The highest BCUT2D eigenvalue weighted by atomic mass is 35.5. The second-order valence-electron chi connectivity index (χ2n) is 3.85. The Morgan fingerprint density at radius 1 is 1.16 bits per heavy atom. The summed E-state index contributed by atoms with van der Waals surface area (Å²) in [7, 11) is 0. The van der Waals surface area contributed by atoms with E-state index in [0.29, 0.717) is 22.4 Å². The average Bonchev–Trinajstić information content (AvgIpc) is 2.91. The monoisotopic (exact) mass is 275 g/mol. The van der Waals surface area contributed by atoms with Gasteiger partial charge in [-0.25, -0.2) is 9.78 Å². The van der Waals surface area contributed by atoms with Crippen LogP contribution in [0.1, 0.15) is 10.4 Å². The molecule has 0 saturated carbocycles. The van der Waals surface area contributed by atoms with Gasteiger partial charge in [-0.15, -0.1) is 12.4 Å². The molecule has 96 valence electrons. The van der Waals surface area contributed by atoms with Crippen LogP contribution in [0.2, 0.25) is 0 Å². The minimum absolute atomic E-state index is 0. The van der Waals surface area contributed by atoms with Crippen molar-refractivity contribution < 1.29 is 14.3 Å². The molecule has 19 heavy (non-hydrogen) atoms. The number of rotatable bonds is 2. The van der Waals surface area contributed by atoms with Gasteiger partial charge >= 0.3 is 5.97 Å². The Morgan fingerprint density at radius 3 is 2.63 bits per heavy atom. The van der Waals surface area contributed by atoms with Crippen molar-refractivity contribution in [3.63, 3.8) is 0 Å². The number of aromatic nitrogens is 1. The highest BCUT2D eigenvalue weighted by Gasteiger charge is 2.13. The molecule has 1 N–H and O–H groups in total. The minimum atomic E-state index is -0.971. The molecule has 2 heterocycles. The van der Waals surface area contributed by atoms with E-state index in [1.165, 1.54) is 12.3 Å². The topological polar surface area (TPSA) is 63.3 Å². The molecule has 0 aliphatic carbocycles. The number of hydrogen-bond donors (Lipinski definition) is 1. The third-order valence-electron chi connectivity index (χ3n) is 2.72. The summed E-state index contributed by atoms with van der Waals surface area (Å²) in [4.78, 5) is 15.7. The van der Waals surface area contributed by atoms with Gasteiger partial charge in [0.2, 0.25) is 0 Å². The van der Waals surface area contributed by atoms with Crippen molar-refractivity contribution >= 4 is 29.3 Å². The largest absolute Gasteiger partial charge is 0.478 e. The lowest BCUT2D eigenvalue weighted by Crippen LogP contribution is -1.99. The van der Waals surface area contributed by atoms with Crippen LogP contribution in [0.15, 0.2) is 53.1 Å². The lowest BCUT2D eigenvalue weighted by atomic mass is 10.1. The SMILES string of the molecule is Cl.O=C(O)c1cc(-c2ccco2)nc2ccccc12. The standard InChI is InChI=1S/C14H9NO3.ClH/c16-14(17)10-8-12(13-6-3-7-18-13)15-11-5-2-1-4-9(10)11;/h1-8H,(H,16,17);1H. The molecule has 0 radical (unpaired) electrons. The first kappa shape index (κ1) is 13.1. The van der Waals surface area contributed by atoms with Gasteiger partial charge in [0.15, 0.2) is 5.76 Å². The number of hydrogen-bond acceptors (Lipinski definition) is 3. The Balaban J connectivity index is 0.00000133. The molecule has 0 spiro atoms. The van der Waals surface area contributed by atoms with Crippen LogP contribution in [-0.2, 0) is 0 Å². The number of carboxylic acids is 1. The second kappa shape index (κ2) is 5.12. The first-order valence-corrected chi connectivity index (χ1v) is 5.42. The number of fused-ring (bicyclic) bond motifs is 1. The van der Waals surface area contributed by atoms with Crippen LogP contribution in [0.25, 0.3) is 22.4 Å². The Hall–Kier alpha value is -2.33. The number of para-hydroxylation sites is 1. The van der Waals surface area contributed by atoms with Gasteiger partial charge in [-0.05, 0) is 24.3 Å². The number of aromatic carboxylic acids is 1. The van der Waals surface area contributed by atoms with Gasteiger partial charge in [-0.2, -0.15) is 0 Å². The molecule has 0 saturated heterocycles. The Kier molecular flexibility index (Phi) is 3.53. The zero-order valence-electron chi connectivity index (χ0n) is 9.74. The molecule has 0 aliphatic heterocycles. The lowest BCUT2D eigenvalue weighted by Gasteiger charge is -2.04. The predicted octanol–water partition coefficient (Wildman–Crippen LogP) is 3.61. The average molecular weight is 276 g/mol. The van der Waals surface area contributed by atoms with E-state index in [1.807, 2.05) is 6.07 Å². The van der Waals surface area contributed by atoms with Crippen molar-refractivity contribution in [2.45, 2.75) is 0 Å². The van der Waals surface area contributed by atoms with E-state index in [9.17, 15) is 9.90 Å². The number of pyridine rings is 1. The Morgan fingerprint density at radius 2 is 1.95 bits per heavy atom. The lowest BCUT2D eigenvalue weighted by molar-refractivity contribution is 0.0699. The summed E-state index contributed by atoms with van der Waals surface area (Å²) in [5, 5.41) is 9.87. The molecule has 3 aromatic rings. The van der Waals surface area contributed by atoms with Gasteiger partial charge in [0, 0.05) is 5.39 Å². The molecule has 5 heteroatoms. The van der Waals surface area contributed by atoms with Gasteiger partial charge in [-0.3, -0.25) is 0 Å². The Bertz CT molecular complexity index is 723. The molecule has 0 atom stereocenters. The Labute approximate surface area is 115 Å². The highest BCUT2D eigenvalue weighted by molar-refractivity contribution is 6.03. The van der Waals surface area contributed by atoms with Crippen molar-refractivity contribution in [1.29, 1.82) is 0 Å². The number of nitrogens with zero attached hydrogens (tertiary/aromatic N) is 1. The van der Waals surface area contributed by atoms with Crippen LogP contribution in [0.4, 0.5) is 0 Å². The van der Waals surface area contributed by atoms with E-state index in [2.05, 4.69) is 4.98 Å². The number of halogens is 1. The van der Waals surface area contributed by atoms with Crippen molar-refractivity contribution in [1.82, 2.24) is 4.98 Å². The minimum Gasteiger partial charge on any atom is -0.478 e. The number of furan rings is 1. The summed E-state index contributed by atoms with van der Waals surface area (Å²) in [6.45, 7) is 0. The molecule has 0 amide bonds. The molecule has 1 aromatic carbocycles. The maximum Gasteiger partial charge on any atom is 0.336 e. The first-order chi connectivity index (χ1) is 8.75. The van der Waals surface area contributed by atoms with Gasteiger partial charge in [-0.1, -0.05) is 18.2 Å². The number of benzene rings is 1. The maximum atomic E-state index is 11.3. The summed E-state index contributed by atoms with van der Waals surface area (Å²) in [5.41, 5.74) is 1.40. The summed E-state index contributed by atoms with van der Waals surface area (Å²) in [5.74, 6) is -0.412. The number of carbonyl (C=O) groups is 1. The van der Waals surface area contributed by atoms with Crippen molar-refractivity contribution in [2.24, 2.45) is 0 Å². The molecule has 3 rings (SSSR count). The van der Waals surface area contributed by atoms with Gasteiger partial charge in [0.25, 0.3) is 0 Å². The molecule has 0 unspecified atom stereocenters. The smallest absolute Gasteiger partial charge is 0.336 e. The molecule has 2 aromatic heterocycles. The molecule has 0 fully saturated rings. The van der Waals surface area contributed by atoms with Gasteiger partial charge < -0.3 is 9.52 Å². The first-order valence-electron chi connectivity index (χ1n) is 5.42. The zero-order valence-corrected chi connectivity index (χ0v) is 10.6. The van der Waals surface area contributed by atoms with E-state index in [1.54, 1.807) is 30.3 Å².